The first-order chi connectivity index (χ1) is 9.54. The van der Waals surface area contributed by atoms with Crippen LogP contribution in [0.2, 0.25) is 0 Å². The van der Waals surface area contributed by atoms with Crippen LogP contribution < -0.4 is 4.98 Å². The number of H-pyrrole nitrogens is 1. The van der Waals surface area contributed by atoms with E-state index in [0.717, 1.165) is 5.69 Å². The molecule has 0 bridgehead atoms. The third-order valence-corrected chi connectivity index (χ3v) is 4.10. The van der Waals surface area contributed by atoms with Crippen molar-refractivity contribution in [3.05, 3.63) is 35.0 Å². The molecule has 0 radical (unpaired) electrons. The highest BCUT2D eigenvalue weighted by molar-refractivity contribution is 8.26. The molecular formula is C13H13N2O3S2+. The number of esters is 1. The van der Waals surface area contributed by atoms with E-state index < -0.39 is 12.0 Å². The van der Waals surface area contributed by atoms with E-state index in [0.29, 0.717) is 9.23 Å². The Morgan fingerprint density at radius 3 is 2.90 bits per heavy atom. The SMILES string of the molecule is COC(=O)C(C)N1C(=O)C(=Cc2cccc[nH+]2)SC1=S. The summed E-state index contributed by atoms with van der Waals surface area (Å²) in [4.78, 5) is 28.6. The van der Waals surface area contributed by atoms with Crippen LogP contribution in [0, 0.1) is 0 Å². The van der Waals surface area contributed by atoms with E-state index in [4.69, 9.17) is 12.2 Å². The first-order valence-corrected chi connectivity index (χ1v) is 7.08. The molecule has 0 spiro atoms. The largest absolute Gasteiger partial charge is 0.467 e. The van der Waals surface area contributed by atoms with Gasteiger partial charge in [-0.15, -0.1) is 0 Å². The Labute approximate surface area is 126 Å². The molecule has 104 valence electrons. The molecule has 1 amide bonds. The topological polar surface area (TPSA) is 60.8 Å². The summed E-state index contributed by atoms with van der Waals surface area (Å²) in [6.45, 7) is 1.59. The van der Waals surface area contributed by atoms with Crippen molar-refractivity contribution < 1.29 is 19.3 Å². The van der Waals surface area contributed by atoms with Crippen LogP contribution in [0.1, 0.15) is 12.6 Å². The van der Waals surface area contributed by atoms with Crippen molar-refractivity contribution >= 4 is 46.3 Å². The van der Waals surface area contributed by atoms with Crippen molar-refractivity contribution in [2.24, 2.45) is 0 Å². The summed E-state index contributed by atoms with van der Waals surface area (Å²) < 4.78 is 5.00. The molecule has 1 unspecified atom stereocenters. The molecule has 1 aromatic rings. The minimum absolute atomic E-state index is 0.282. The zero-order valence-corrected chi connectivity index (χ0v) is 12.6. The maximum atomic E-state index is 12.3. The number of nitrogens with one attached hydrogen (secondary N) is 1. The second-order valence-corrected chi connectivity index (χ2v) is 5.74. The van der Waals surface area contributed by atoms with Crippen LogP contribution in [0.15, 0.2) is 29.3 Å². The predicted octanol–water partition coefficient (Wildman–Crippen LogP) is 1.26. The molecule has 5 nitrogen and oxygen atoms in total. The first kappa shape index (κ1) is 14.7. The number of thioether (sulfide) groups is 1. The van der Waals surface area contributed by atoms with Crippen molar-refractivity contribution in [1.29, 1.82) is 0 Å². The highest BCUT2D eigenvalue weighted by atomic mass is 32.2. The molecule has 0 aromatic carbocycles. The van der Waals surface area contributed by atoms with Gasteiger partial charge < -0.3 is 4.74 Å². The van der Waals surface area contributed by atoms with Gasteiger partial charge in [-0.2, -0.15) is 0 Å². The molecule has 1 N–H and O–H groups in total. The maximum absolute atomic E-state index is 12.3. The van der Waals surface area contributed by atoms with Crippen LogP contribution in [-0.4, -0.2) is 34.2 Å². The van der Waals surface area contributed by atoms with Crippen LogP contribution in [0.25, 0.3) is 6.08 Å². The van der Waals surface area contributed by atoms with Crippen LogP contribution in [-0.2, 0) is 14.3 Å². The second kappa shape index (κ2) is 6.15. The molecule has 1 aromatic heterocycles. The lowest BCUT2D eigenvalue weighted by Crippen LogP contribution is -2.42. The number of ether oxygens (including phenoxy) is 1. The molecule has 1 aliphatic heterocycles. The smallest absolute Gasteiger partial charge is 0.328 e. The van der Waals surface area contributed by atoms with Gasteiger partial charge in [0, 0.05) is 18.2 Å². The number of carbonyl (C=O) groups is 2. The number of thiocarbonyl (C=S) groups is 1. The normalized spacial score (nSPS) is 18.5. The number of hydrogen-bond acceptors (Lipinski definition) is 5. The summed E-state index contributed by atoms with van der Waals surface area (Å²) in [5.74, 6) is -0.774. The highest BCUT2D eigenvalue weighted by Crippen LogP contribution is 2.33. The monoisotopic (exact) mass is 309 g/mol. The van der Waals surface area contributed by atoms with Crippen molar-refractivity contribution in [2.45, 2.75) is 13.0 Å². The number of nitrogens with zero attached hydrogens (tertiary/aromatic N) is 1. The maximum Gasteiger partial charge on any atom is 0.328 e. The Morgan fingerprint density at radius 1 is 1.55 bits per heavy atom. The third-order valence-electron chi connectivity index (χ3n) is 2.77. The molecule has 0 saturated carbocycles. The van der Waals surface area contributed by atoms with Crippen LogP contribution in [0.3, 0.4) is 0 Å². The number of aromatic nitrogens is 1. The summed E-state index contributed by atoms with van der Waals surface area (Å²) in [6, 6.07) is 4.83. The number of aromatic amines is 1. The zero-order valence-electron chi connectivity index (χ0n) is 11.0. The van der Waals surface area contributed by atoms with Gasteiger partial charge in [0.05, 0.1) is 12.0 Å². The van der Waals surface area contributed by atoms with E-state index in [2.05, 4.69) is 9.72 Å². The summed E-state index contributed by atoms with van der Waals surface area (Å²) >= 11 is 6.34. The molecule has 1 saturated heterocycles. The summed E-state index contributed by atoms with van der Waals surface area (Å²) in [5.41, 5.74) is 0.790. The average molecular weight is 309 g/mol. The van der Waals surface area contributed by atoms with Gasteiger partial charge in [-0.05, 0) is 13.0 Å². The number of carbonyl (C=O) groups excluding carboxylic acids is 2. The Hall–Kier alpha value is -1.73. The minimum atomic E-state index is -0.724. The fraction of sp³-hybridized carbons (Fsp3) is 0.231. The average Bonchev–Trinajstić information content (AvgIpc) is 2.73. The lowest BCUT2D eigenvalue weighted by molar-refractivity contribution is -0.380. The molecule has 1 atom stereocenters. The Kier molecular flexibility index (Phi) is 4.51. The molecule has 1 aliphatic rings. The fourth-order valence-electron chi connectivity index (χ4n) is 1.73. The van der Waals surface area contributed by atoms with Gasteiger partial charge >= 0.3 is 5.97 Å². The first-order valence-electron chi connectivity index (χ1n) is 5.86. The van der Waals surface area contributed by atoms with Crippen molar-refractivity contribution in [3.63, 3.8) is 0 Å². The number of rotatable bonds is 3. The van der Waals surface area contributed by atoms with E-state index in [1.54, 1.807) is 19.2 Å². The Bertz CT molecular complexity index is 587. The molecule has 7 heteroatoms. The summed E-state index contributed by atoms with van der Waals surface area (Å²) in [6.07, 6.45) is 3.48. The van der Waals surface area contributed by atoms with E-state index >= 15 is 0 Å². The lowest BCUT2D eigenvalue weighted by Gasteiger charge is -2.20. The molecule has 0 aliphatic carbocycles. The van der Waals surface area contributed by atoms with Crippen LogP contribution in [0.4, 0.5) is 0 Å². The minimum Gasteiger partial charge on any atom is -0.467 e. The van der Waals surface area contributed by atoms with Gasteiger partial charge in [0.1, 0.15) is 10.4 Å². The number of pyridine rings is 1. The van der Waals surface area contributed by atoms with Gasteiger partial charge in [0.15, 0.2) is 6.20 Å². The summed E-state index contributed by atoms with van der Waals surface area (Å²) in [5, 5.41) is 0. The van der Waals surface area contributed by atoms with E-state index in [9.17, 15) is 9.59 Å². The standard InChI is InChI=1S/C13H12N2O3S2/c1-8(12(17)18-2)15-11(16)10(20-13(15)19)7-9-5-3-4-6-14-9/h3-8H,1-2H3/p+1. The van der Waals surface area contributed by atoms with Crippen LogP contribution in [0.5, 0.6) is 0 Å². The Morgan fingerprint density at radius 2 is 2.30 bits per heavy atom. The highest BCUT2D eigenvalue weighted by Gasteiger charge is 2.38. The number of hydrogen-bond donors (Lipinski definition) is 0. The van der Waals surface area contributed by atoms with Crippen molar-refractivity contribution in [2.75, 3.05) is 7.11 Å². The number of methoxy groups -OCH3 is 1. The Balaban J connectivity index is 2.25. The summed E-state index contributed by atoms with van der Waals surface area (Å²) in [7, 11) is 1.28. The van der Waals surface area contributed by atoms with Crippen molar-refractivity contribution in [1.82, 2.24) is 4.90 Å². The van der Waals surface area contributed by atoms with Crippen molar-refractivity contribution in [3.8, 4) is 0 Å². The fourth-order valence-corrected chi connectivity index (χ4v) is 3.14. The molecule has 1 fully saturated rings. The zero-order chi connectivity index (χ0) is 14.7. The van der Waals surface area contributed by atoms with Gasteiger partial charge in [0.25, 0.3) is 5.91 Å². The molecule has 2 heterocycles. The van der Waals surface area contributed by atoms with Crippen LogP contribution >= 0.6 is 24.0 Å². The van der Waals surface area contributed by atoms with Gasteiger partial charge in [-0.1, -0.05) is 24.0 Å². The van der Waals surface area contributed by atoms with E-state index in [-0.39, 0.29) is 5.91 Å². The molecule has 2 rings (SSSR count). The third kappa shape index (κ3) is 2.88. The molecule has 20 heavy (non-hydrogen) atoms. The quantitative estimate of drug-likeness (QED) is 0.478. The second-order valence-electron chi connectivity index (χ2n) is 4.07. The molecular weight excluding hydrogens is 296 g/mol. The van der Waals surface area contributed by atoms with Gasteiger partial charge in [-0.3, -0.25) is 9.69 Å². The van der Waals surface area contributed by atoms with E-state index in [1.807, 2.05) is 18.2 Å². The van der Waals surface area contributed by atoms with Gasteiger partial charge in [0.2, 0.25) is 5.69 Å². The van der Waals surface area contributed by atoms with Gasteiger partial charge in [-0.25, -0.2) is 9.78 Å². The lowest BCUT2D eigenvalue weighted by atomic mass is 10.2. The predicted molar refractivity (Wildman–Crippen MR) is 79.5 cm³/mol. The number of amides is 1. The van der Waals surface area contributed by atoms with E-state index in [1.165, 1.54) is 23.8 Å².